The van der Waals surface area contributed by atoms with E-state index in [1.807, 2.05) is 20.8 Å². The number of nitrogens with one attached hydrogen (secondary N) is 2. The molecule has 1 amide bonds. The Balaban J connectivity index is 4.96. The fourth-order valence-electron chi connectivity index (χ4n) is 3.00. The number of carbonyl (C=O) groups excluding carboxylic acids is 2. The lowest BCUT2D eigenvalue weighted by atomic mass is 9.74. The van der Waals surface area contributed by atoms with Crippen molar-refractivity contribution < 1.29 is 24.7 Å². The van der Waals surface area contributed by atoms with Crippen LogP contribution in [0.2, 0.25) is 0 Å². The van der Waals surface area contributed by atoms with E-state index in [2.05, 4.69) is 10.3 Å². The van der Waals surface area contributed by atoms with E-state index in [0.717, 1.165) is 19.3 Å². The summed E-state index contributed by atoms with van der Waals surface area (Å²) in [7, 11) is -1.70. The Morgan fingerprint density at radius 2 is 1.90 bits per heavy atom. The lowest BCUT2D eigenvalue weighted by Crippen LogP contribution is -2.49. The van der Waals surface area contributed by atoms with Crippen molar-refractivity contribution >= 4 is 24.8 Å². The third-order valence-electron chi connectivity index (χ3n) is 4.52. The second-order valence-corrected chi connectivity index (χ2v) is 7.83. The first kappa shape index (κ1) is 27.8. The molecule has 30 heavy (non-hydrogen) atoms. The summed E-state index contributed by atoms with van der Waals surface area (Å²) in [6.45, 7) is 5.99. The number of hydrogen-bond donors (Lipinski definition) is 5. The van der Waals surface area contributed by atoms with E-state index in [9.17, 15) is 29.8 Å². The second-order valence-electron chi connectivity index (χ2n) is 7.83. The Morgan fingerprint density at radius 1 is 1.23 bits per heavy atom. The van der Waals surface area contributed by atoms with E-state index in [1.165, 1.54) is 0 Å². The lowest BCUT2D eigenvalue weighted by Gasteiger charge is -2.23. The zero-order valence-electron chi connectivity index (χ0n) is 18.2. The average Bonchev–Trinajstić information content (AvgIpc) is 2.62. The van der Waals surface area contributed by atoms with E-state index >= 15 is 0 Å². The Hall–Kier alpha value is -2.21. The highest BCUT2D eigenvalue weighted by atomic mass is 16.7. The van der Waals surface area contributed by atoms with E-state index < -0.39 is 29.9 Å². The standard InChI is InChI=1S/C18H36BN5O6/c1-4-5-6-9-15(25)12-14(8-7-10-21-18(20)23-24(29)30)17(26)22-16(19(27)28)11-13(2)3/h13-14,16,27-28H,4-12H2,1-3H3,(H,22,26)(H3,20,21,23)/t14-,16+/m1/s1. The number of aliphatic imine (C=N–C) groups is 1. The Morgan fingerprint density at radius 3 is 2.43 bits per heavy atom. The molecular formula is C18H36BN5O6. The van der Waals surface area contributed by atoms with Gasteiger partial charge in [0.15, 0.2) is 5.03 Å². The van der Waals surface area contributed by atoms with Gasteiger partial charge in [-0.05, 0) is 31.6 Å². The quantitative estimate of drug-likeness (QED) is 0.0589. The molecule has 0 spiro atoms. The van der Waals surface area contributed by atoms with E-state index in [-0.39, 0.29) is 30.6 Å². The van der Waals surface area contributed by atoms with Crippen molar-refractivity contribution in [2.45, 2.75) is 78.1 Å². The van der Waals surface area contributed by atoms with Gasteiger partial charge in [0.05, 0.1) is 5.94 Å². The molecule has 0 aliphatic carbocycles. The number of nitro groups is 1. The van der Waals surface area contributed by atoms with E-state index in [0.29, 0.717) is 25.7 Å². The normalized spacial score (nSPS) is 13.6. The first-order chi connectivity index (χ1) is 14.1. The van der Waals surface area contributed by atoms with Crippen molar-refractivity contribution in [2.24, 2.45) is 22.6 Å². The number of hydrogen-bond acceptors (Lipinski definition) is 7. The minimum atomic E-state index is -1.70. The first-order valence-corrected chi connectivity index (χ1v) is 10.5. The lowest BCUT2D eigenvalue weighted by molar-refractivity contribution is -0.525. The molecule has 0 unspecified atom stereocenters. The number of unbranched alkanes of at least 4 members (excludes halogenated alkanes) is 2. The molecule has 2 atom stereocenters. The number of guanidine groups is 1. The minimum Gasteiger partial charge on any atom is -0.426 e. The molecule has 0 saturated carbocycles. The first-order valence-electron chi connectivity index (χ1n) is 10.5. The SMILES string of the molecule is CCCCCC(=O)C[C@@H](CCCN=C(N)N[N+](=O)[O-])C(=O)N[C@@H](CC(C)C)B(O)O. The molecule has 0 aliphatic rings. The summed E-state index contributed by atoms with van der Waals surface area (Å²) in [4.78, 5) is 39.1. The van der Waals surface area contributed by atoms with Gasteiger partial charge in [-0.1, -0.05) is 39.0 Å². The predicted molar refractivity (Wildman–Crippen MR) is 115 cm³/mol. The van der Waals surface area contributed by atoms with Gasteiger partial charge in [-0.2, -0.15) is 0 Å². The van der Waals surface area contributed by atoms with Crippen LogP contribution in [0.3, 0.4) is 0 Å². The van der Waals surface area contributed by atoms with Crippen LogP contribution in [-0.4, -0.2) is 52.3 Å². The van der Waals surface area contributed by atoms with Crippen LogP contribution < -0.4 is 16.5 Å². The molecule has 0 rings (SSSR count). The Bertz CT molecular complexity index is 573. The van der Waals surface area contributed by atoms with Crippen molar-refractivity contribution in [1.82, 2.24) is 10.7 Å². The van der Waals surface area contributed by atoms with Crippen LogP contribution in [0.5, 0.6) is 0 Å². The highest BCUT2D eigenvalue weighted by Gasteiger charge is 2.29. The van der Waals surface area contributed by atoms with Crippen LogP contribution in [0.15, 0.2) is 4.99 Å². The maximum absolute atomic E-state index is 12.7. The predicted octanol–water partition coefficient (Wildman–Crippen LogP) is 0.561. The molecule has 11 nitrogen and oxygen atoms in total. The third kappa shape index (κ3) is 13.9. The number of amides is 1. The van der Waals surface area contributed by atoms with Crippen molar-refractivity contribution in [3.8, 4) is 0 Å². The molecule has 12 heteroatoms. The number of ketones is 1. The molecule has 0 aromatic heterocycles. The smallest absolute Gasteiger partial charge is 0.426 e. The van der Waals surface area contributed by atoms with Crippen LogP contribution >= 0.6 is 0 Å². The molecular weight excluding hydrogens is 393 g/mol. The molecule has 0 heterocycles. The molecule has 0 saturated heterocycles. The minimum absolute atomic E-state index is 0.0217. The molecule has 6 N–H and O–H groups in total. The molecule has 0 radical (unpaired) electrons. The van der Waals surface area contributed by atoms with E-state index in [1.54, 1.807) is 5.43 Å². The molecule has 0 fully saturated rings. The number of hydrazine groups is 1. The van der Waals surface area contributed by atoms with E-state index in [4.69, 9.17) is 5.73 Å². The zero-order chi connectivity index (χ0) is 23.1. The summed E-state index contributed by atoms with van der Waals surface area (Å²) in [5.74, 6) is -2.11. The molecule has 0 bridgehead atoms. The monoisotopic (exact) mass is 429 g/mol. The summed E-state index contributed by atoms with van der Waals surface area (Å²) in [5, 5.41) is 31.2. The topological polar surface area (TPSA) is 180 Å². The van der Waals surface area contributed by atoms with Crippen molar-refractivity contribution in [3.63, 3.8) is 0 Å². The highest BCUT2D eigenvalue weighted by Crippen LogP contribution is 2.17. The van der Waals surface area contributed by atoms with Gasteiger partial charge < -0.3 is 21.1 Å². The summed E-state index contributed by atoms with van der Waals surface area (Å²) in [5.41, 5.74) is 7.09. The maximum Gasteiger partial charge on any atom is 0.475 e. The zero-order valence-corrected chi connectivity index (χ0v) is 18.2. The number of Topliss-reactive ketones (excluding diaryl/α,β-unsaturated/α-hetero) is 1. The molecule has 0 aromatic carbocycles. The summed E-state index contributed by atoms with van der Waals surface area (Å²) in [6, 6.07) is 0. The summed E-state index contributed by atoms with van der Waals surface area (Å²) < 4.78 is 0. The summed E-state index contributed by atoms with van der Waals surface area (Å²) in [6.07, 6.45) is 4.22. The Labute approximate surface area is 178 Å². The average molecular weight is 429 g/mol. The second kappa shape index (κ2) is 15.6. The van der Waals surface area contributed by atoms with Gasteiger partial charge in [0.1, 0.15) is 5.78 Å². The van der Waals surface area contributed by atoms with Gasteiger partial charge in [-0.25, -0.2) is 15.1 Å². The van der Waals surface area contributed by atoms with Crippen molar-refractivity contribution in [2.75, 3.05) is 6.54 Å². The van der Waals surface area contributed by atoms with Crippen LogP contribution in [-0.2, 0) is 9.59 Å². The maximum atomic E-state index is 12.7. The van der Waals surface area contributed by atoms with Gasteiger partial charge in [0.25, 0.3) is 5.96 Å². The highest BCUT2D eigenvalue weighted by molar-refractivity contribution is 6.43. The molecule has 0 aliphatic heterocycles. The fraction of sp³-hybridized carbons (Fsp3) is 0.833. The number of rotatable bonds is 16. The van der Waals surface area contributed by atoms with Crippen LogP contribution in [0.25, 0.3) is 0 Å². The van der Waals surface area contributed by atoms with Crippen molar-refractivity contribution in [1.29, 1.82) is 0 Å². The van der Waals surface area contributed by atoms with Gasteiger partial charge in [-0.3, -0.25) is 9.59 Å². The summed E-state index contributed by atoms with van der Waals surface area (Å²) >= 11 is 0. The van der Waals surface area contributed by atoms with Gasteiger partial charge >= 0.3 is 7.12 Å². The van der Waals surface area contributed by atoms with Gasteiger partial charge in [0, 0.05) is 25.3 Å². The molecule has 0 aromatic rings. The largest absolute Gasteiger partial charge is 0.475 e. The van der Waals surface area contributed by atoms with Crippen LogP contribution in [0, 0.1) is 22.0 Å². The number of carbonyl (C=O) groups is 2. The van der Waals surface area contributed by atoms with Crippen LogP contribution in [0.4, 0.5) is 0 Å². The van der Waals surface area contributed by atoms with Gasteiger partial charge in [0.2, 0.25) is 5.91 Å². The third-order valence-corrected chi connectivity index (χ3v) is 4.52. The fourth-order valence-corrected chi connectivity index (χ4v) is 3.00. The van der Waals surface area contributed by atoms with Gasteiger partial charge in [-0.15, -0.1) is 0 Å². The van der Waals surface area contributed by atoms with Crippen LogP contribution in [0.1, 0.15) is 72.1 Å². The Kier molecular flexibility index (Phi) is 14.5. The number of nitrogens with zero attached hydrogens (tertiary/aromatic N) is 2. The number of nitrogens with two attached hydrogens (primary N) is 1. The van der Waals surface area contributed by atoms with Crippen molar-refractivity contribution in [3.05, 3.63) is 10.1 Å². The molecule has 172 valence electrons.